The van der Waals surface area contributed by atoms with Crippen LogP contribution in [0.2, 0.25) is 0 Å². The molecule has 1 N–H and O–H groups in total. The van der Waals surface area contributed by atoms with Crippen molar-refractivity contribution < 1.29 is 16.8 Å². The molecular formula is C8H16ClNO4S2. The van der Waals surface area contributed by atoms with Gasteiger partial charge in [0.15, 0.2) is 0 Å². The van der Waals surface area contributed by atoms with E-state index >= 15 is 0 Å². The van der Waals surface area contributed by atoms with Crippen molar-refractivity contribution in [2.24, 2.45) is 0 Å². The predicted molar refractivity (Wildman–Crippen MR) is 63.9 cm³/mol. The van der Waals surface area contributed by atoms with E-state index in [1.54, 1.807) is 6.92 Å². The molecular weight excluding hydrogens is 274 g/mol. The third-order valence-electron chi connectivity index (χ3n) is 2.51. The Bertz CT molecular complexity index is 415. The molecule has 16 heavy (non-hydrogen) atoms. The molecule has 0 radical (unpaired) electrons. The Morgan fingerprint density at radius 1 is 1.38 bits per heavy atom. The summed E-state index contributed by atoms with van der Waals surface area (Å²) in [7, 11) is -6.45. The monoisotopic (exact) mass is 289 g/mol. The minimum atomic E-state index is -3.43. The van der Waals surface area contributed by atoms with Gasteiger partial charge in [0.1, 0.15) is 9.84 Å². The van der Waals surface area contributed by atoms with Gasteiger partial charge in [-0.3, -0.25) is 0 Å². The molecule has 8 heteroatoms. The third kappa shape index (κ3) is 4.20. The summed E-state index contributed by atoms with van der Waals surface area (Å²) in [6, 6.07) is 0. The second-order valence-electron chi connectivity index (χ2n) is 4.03. The van der Waals surface area contributed by atoms with Crippen LogP contribution in [0.25, 0.3) is 0 Å². The standard InChI is InChI=1S/C8H16ClNO4S2/c1-7(9)6-10-16(13,14)8-2-4-15(11,12)5-3-8/h7-8,10H,2-6H2,1H3. The normalized spacial score (nSPS) is 24.1. The Kier molecular flexibility index (Phi) is 4.62. The zero-order valence-electron chi connectivity index (χ0n) is 9.02. The molecule has 5 nitrogen and oxygen atoms in total. The predicted octanol–water partition coefficient (Wildman–Crippen LogP) is 0.110. The first-order valence-electron chi connectivity index (χ1n) is 5.06. The van der Waals surface area contributed by atoms with Gasteiger partial charge in [0.25, 0.3) is 0 Å². The summed E-state index contributed by atoms with van der Waals surface area (Å²) in [6.45, 7) is 1.86. The van der Waals surface area contributed by atoms with Crippen LogP contribution in [-0.2, 0) is 19.9 Å². The summed E-state index contributed by atoms with van der Waals surface area (Å²) in [6.07, 6.45) is 0.350. The Hall–Kier alpha value is 0.150. The van der Waals surface area contributed by atoms with Crippen LogP contribution in [0.5, 0.6) is 0 Å². The van der Waals surface area contributed by atoms with Crippen LogP contribution in [0.3, 0.4) is 0 Å². The SMILES string of the molecule is CC(Cl)CNS(=O)(=O)C1CCS(=O)(=O)CC1. The minimum Gasteiger partial charge on any atom is -0.229 e. The van der Waals surface area contributed by atoms with Gasteiger partial charge >= 0.3 is 0 Å². The molecule has 1 saturated heterocycles. The zero-order chi connectivity index (χ0) is 12.4. The number of halogens is 1. The fourth-order valence-electron chi connectivity index (χ4n) is 1.53. The second kappa shape index (κ2) is 5.20. The van der Waals surface area contributed by atoms with Crippen molar-refractivity contribution in [2.45, 2.75) is 30.4 Å². The molecule has 0 aromatic rings. The molecule has 0 aromatic heterocycles. The van der Waals surface area contributed by atoms with Gasteiger partial charge in [-0.05, 0) is 19.8 Å². The highest BCUT2D eigenvalue weighted by Gasteiger charge is 2.32. The maximum Gasteiger partial charge on any atom is 0.214 e. The lowest BCUT2D eigenvalue weighted by Gasteiger charge is -2.22. The number of rotatable bonds is 4. The zero-order valence-corrected chi connectivity index (χ0v) is 11.4. The Morgan fingerprint density at radius 2 is 1.88 bits per heavy atom. The molecule has 0 aliphatic carbocycles. The maximum absolute atomic E-state index is 11.7. The number of sulfone groups is 1. The van der Waals surface area contributed by atoms with Crippen molar-refractivity contribution in [3.63, 3.8) is 0 Å². The molecule has 1 aliphatic heterocycles. The Labute approximate surface area is 102 Å². The second-order valence-corrected chi connectivity index (χ2v) is 9.12. The smallest absolute Gasteiger partial charge is 0.214 e. The Morgan fingerprint density at radius 3 is 2.31 bits per heavy atom. The van der Waals surface area contributed by atoms with Crippen molar-refractivity contribution in [1.82, 2.24) is 4.72 Å². The largest absolute Gasteiger partial charge is 0.229 e. The Balaban J connectivity index is 2.58. The van der Waals surface area contributed by atoms with Crippen molar-refractivity contribution in [3.8, 4) is 0 Å². The number of nitrogens with one attached hydrogen (secondary N) is 1. The van der Waals surface area contributed by atoms with Gasteiger partial charge in [-0.2, -0.15) is 0 Å². The summed E-state index contributed by atoms with van der Waals surface area (Å²) in [5.74, 6) is -0.0932. The van der Waals surface area contributed by atoms with Crippen LogP contribution in [0.4, 0.5) is 0 Å². The van der Waals surface area contributed by atoms with Crippen LogP contribution in [-0.4, -0.2) is 45.5 Å². The van der Waals surface area contributed by atoms with Crippen LogP contribution < -0.4 is 4.72 Å². The van der Waals surface area contributed by atoms with E-state index in [1.165, 1.54) is 0 Å². The summed E-state index contributed by atoms with van der Waals surface area (Å²) in [5, 5.41) is -0.881. The number of alkyl halides is 1. The summed E-state index contributed by atoms with van der Waals surface area (Å²) in [4.78, 5) is 0. The molecule has 0 amide bonds. The first kappa shape index (κ1) is 14.2. The van der Waals surface area contributed by atoms with Crippen molar-refractivity contribution in [1.29, 1.82) is 0 Å². The summed E-state index contributed by atoms with van der Waals surface area (Å²) < 4.78 is 48.2. The average molecular weight is 290 g/mol. The van der Waals surface area contributed by atoms with E-state index in [9.17, 15) is 16.8 Å². The van der Waals surface area contributed by atoms with Crippen molar-refractivity contribution >= 4 is 31.5 Å². The van der Waals surface area contributed by atoms with Crippen molar-refractivity contribution in [2.75, 3.05) is 18.1 Å². The quantitative estimate of drug-likeness (QED) is 0.745. The van der Waals surface area contributed by atoms with Crippen LogP contribution in [0.15, 0.2) is 0 Å². The molecule has 0 aromatic carbocycles. The average Bonchev–Trinajstić information content (AvgIpc) is 2.14. The maximum atomic E-state index is 11.7. The van der Waals surface area contributed by atoms with E-state index in [0.29, 0.717) is 0 Å². The molecule has 1 heterocycles. The number of sulfonamides is 1. The lowest BCUT2D eigenvalue weighted by atomic mass is 10.2. The summed E-state index contributed by atoms with van der Waals surface area (Å²) in [5.41, 5.74) is 0. The van der Waals surface area contributed by atoms with Gasteiger partial charge in [-0.25, -0.2) is 21.6 Å². The van der Waals surface area contributed by atoms with Gasteiger partial charge in [0.05, 0.1) is 16.8 Å². The number of hydrogen-bond donors (Lipinski definition) is 1. The van der Waals surface area contributed by atoms with Crippen molar-refractivity contribution in [3.05, 3.63) is 0 Å². The van der Waals surface area contributed by atoms with Gasteiger partial charge in [0, 0.05) is 11.9 Å². The first-order chi connectivity index (χ1) is 7.23. The minimum absolute atomic E-state index is 0.0466. The van der Waals surface area contributed by atoms with Gasteiger partial charge in [0.2, 0.25) is 10.0 Å². The molecule has 0 saturated carbocycles. The van der Waals surface area contributed by atoms with Crippen LogP contribution in [0.1, 0.15) is 19.8 Å². The highest BCUT2D eigenvalue weighted by atomic mass is 35.5. The molecule has 96 valence electrons. The van der Waals surface area contributed by atoms with E-state index in [1.807, 2.05) is 0 Å². The lowest BCUT2D eigenvalue weighted by Crippen LogP contribution is -2.41. The topological polar surface area (TPSA) is 80.3 Å². The van der Waals surface area contributed by atoms with Crippen LogP contribution >= 0.6 is 11.6 Å². The highest BCUT2D eigenvalue weighted by molar-refractivity contribution is 7.92. The van der Waals surface area contributed by atoms with E-state index < -0.39 is 25.1 Å². The lowest BCUT2D eigenvalue weighted by molar-refractivity contribution is 0.542. The first-order valence-corrected chi connectivity index (χ1v) is 8.86. The van der Waals surface area contributed by atoms with Gasteiger partial charge in [-0.15, -0.1) is 11.6 Å². The highest BCUT2D eigenvalue weighted by Crippen LogP contribution is 2.18. The van der Waals surface area contributed by atoms with Gasteiger partial charge in [-0.1, -0.05) is 0 Å². The molecule has 1 atom stereocenters. The molecule has 1 fully saturated rings. The number of hydrogen-bond acceptors (Lipinski definition) is 4. The summed E-state index contributed by atoms with van der Waals surface area (Å²) >= 11 is 5.65. The molecule has 0 bridgehead atoms. The van der Waals surface area contributed by atoms with E-state index in [4.69, 9.17) is 11.6 Å². The molecule has 1 unspecified atom stereocenters. The molecule has 1 aliphatic rings. The molecule has 1 rings (SSSR count). The fourth-order valence-corrected chi connectivity index (χ4v) is 5.06. The van der Waals surface area contributed by atoms with Gasteiger partial charge < -0.3 is 0 Å². The van der Waals surface area contributed by atoms with E-state index in [2.05, 4.69) is 4.72 Å². The van der Waals surface area contributed by atoms with E-state index in [-0.39, 0.29) is 36.3 Å². The van der Waals surface area contributed by atoms with E-state index in [0.717, 1.165) is 0 Å². The van der Waals surface area contributed by atoms with Crippen LogP contribution in [0, 0.1) is 0 Å². The molecule has 0 spiro atoms. The fraction of sp³-hybridized carbons (Fsp3) is 1.00. The third-order valence-corrected chi connectivity index (χ3v) is 6.29.